The maximum absolute atomic E-state index is 13.8. The number of benzene rings is 2. The molecule has 1 atom stereocenters. The van der Waals surface area contributed by atoms with Gasteiger partial charge in [0.05, 0.1) is 22.0 Å². The molecule has 1 aliphatic heterocycles. The number of nitrogens with one attached hydrogen (secondary N) is 1. The third kappa shape index (κ3) is 3.86. The van der Waals surface area contributed by atoms with E-state index in [2.05, 4.69) is 15.3 Å². The summed E-state index contributed by atoms with van der Waals surface area (Å²) in [7, 11) is 0. The van der Waals surface area contributed by atoms with Gasteiger partial charge in [-0.15, -0.1) is 0 Å². The van der Waals surface area contributed by atoms with Crippen molar-refractivity contribution in [3.63, 3.8) is 0 Å². The Morgan fingerprint density at radius 3 is 2.84 bits per heavy atom. The number of para-hydroxylation sites is 1. The third-order valence-electron chi connectivity index (χ3n) is 5.90. The Morgan fingerprint density at radius 1 is 1.19 bits per heavy atom. The molecule has 0 spiro atoms. The van der Waals surface area contributed by atoms with Crippen molar-refractivity contribution in [1.82, 2.24) is 14.8 Å². The van der Waals surface area contributed by atoms with Gasteiger partial charge in [-0.3, -0.25) is 4.79 Å². The maximum Gasteiger partial charge on any atom is 0.229 e. The summed E-state index contributed by atoms with van der Waals surface area (Å²) < 4.78 is 16.4. The van der Waals surface area contributed by atoms with Crippen LogP contribution in [-0.2, 0) is 4.79 Å². The van der Waals surface area contributed by atoms with Gasteiger partial charge in [0.1, 0.15) is 5.82 Å². The molecule has 32 heavy (non-hydrogen) atoms. The number of anilines is 2. The van der Waals surface area contributed by atoms with Gasteiger partial charge in [-0.25, -0.2) is 9.07 Å². The quantitative estimate of drug-likeness (QED) is 0.471. The molecule has 0 radical (unpaired) electrons. The number of carbonyl (C=O) groups is 1. The molecule has 1 unspecified atom stereocenters. The highest BCUT2D eigenvalue weighted by molar-refractivity contribution is 7.22. The van der Waals surface area contributed by atoms with Gasteiger partial charge in [-0.1, -0.05) is 35.6 Å². The minimum Gasteiger partial charge on any atom is -0.347 e. The molecule has 164 valence electrons. The summed E-state index contributed by atoms with van der Waals surface area (Å²) in [5.41, 5.74) is 4.14. The van der Waals surface area contributed by atoms with E-state index in [0.29, 0.717) is 12.2 Å². The fourth-order valence-electron chi connectivity index (χ4n) is 4.16. The highest BCUT2D eigenvalue weighted by atomic mass is 32.1. The molecule has 2 aromatic heterocycles. The van der Waals surface area contributed by atoms with E-state index in [1.165, 1.54) is 12.1 Å². The van der Waals surface area contributed by atoms with Crippen LogP contribution >= 0.6 is 11.3 Å². The van der Waals surface area contributed by atoms with Gasteiger partial charge in [0.25, 0.3) is 0 Å². The first-order valence-corrected chi connectivity index (χ1v) is 11.5. The Hall–Kier alpha value is -3.26. The number of carbonyl (C=O) groups excluding carboxylic acids is 1. The lowest BCUT2D eigenvalue weighted by Crippen LogP contribution is -2.40. The van der Waals surface area contributed by atoms with Crippen molar-refractivity contribution in [3.8, 4) is 5.69 Å². The molecule has 5 rings (SSSR count). The fraction of sp³-hybridized carbons (Fsp3) is 0.292. The molecule has 0 bridgehead atoms. The van der Waals surface area contributed by atoms with E-state index in [1.54, 1.807) is 22.1 Å². The Balaban J connectivity index is 1.39. The maximum atomic E-state index is 13.8. The second kappa shape index (κ2) is 8.35. The van der Waals surface area contributed by atoms with Crippen molar-refractivity contribution in [2.75, 3.05) is 23.3 Å². The van der Waals surface area contributed by atoms with Gasteiger partial charge in [-0.2, -0.15) is 10.1 Å². The minimum absolute atomic E-state index is 0.0484. The molecule has 6 nitrogen and oxygen atoms in total. The number of nitrogens with zero attached hydrogens (tertiary/aromatic N) is 4. The average molecular weight is 450 g/mol. The molecule has 1 aliphatic rings. The number of hydrogen-bond donors (Lipinski definition) is 1. The molecule has 4 aromatic rings. The number of aromatic nitrogens is 3. The fourth-order valence-corrected chi connectivity index (χ4v) is 5.18. The summed E-state index contributed by atoms with van der Waals surface area (Å²) in [5.74, 6) is -0.360. The number of halogens is 1. The Morgan fingerprint density at radius 2 is 2.03 bits per heavy atom. The number of amides is 1. The molecule has 1 saturated heterocycles. The van der Waals surface area contributed by atoms with Gasteiger partial charge in [-0.05, 0) is 56.5 Å². The highest BCUT2D eigenvalue weighted by Crippen LogP contribution is 2.34. The van der Waals surface area contributed by atoms with Crippen molar-refractivity contribution >= 4 is 38.4 Å². The number of hydrogen-bond acceptors (Lipinski definition) is 5. The standard InChI is InChI=1S/C24H24FN5OS/c1-15-7-3-4-11-20(15)26-23(31)17-8-6-12-29(14-17)24-27-22-21(32-24)16(2)28-30(22)19-10-5-9-18(25)13-19/h3-5,7,9-11,13,17H,6,8,12,14H2,1-2H3,(H,26,31). The number of piperidine rings is 1. The topological polar surface area (TPSA) is 63.1 Å². The predicted molar refractivity (Wildman–Crippen MR) is 126 cm³/mol. The molecule has 0 aliphatic carbocycles. The summed E-state index contributed by atoms with van der Waals surface area (Å²) in [5, 5.41) is 8.52. The van der Waals surface area contributed by atoms with Gasteiger partial charge < -0.3 is 10.2 Å². The van der Waals surface area contributed by atoms with Crippen molar-refractivity contribution in [2.45, 2.75) is 26.7 Å². The zero-order valence-electron chi connectivity index (χ0n) is 18.0. The lowest BCUT2D eigenvalue weighted by molar-refractivity contribution is -0.120. The van der Waals surface area contributed by atoms with Gasteiger partial charge in [0, 0.05) is 18.8 Å². The van der Waals surface area contributed by atoms with Crippen LogP contribution in [-0.4, -0.2) is 33.8 Å². The van der Waals surface area contributed by atoms with Crippen LogP contribution in [0, 0.1) is 25.6 Å². The Labute approximate surface area is 189 Å². The summed E-state index contributed by atoms with van der Waals surface area (Å²) in [4.78, 5) is 20.0. The summed E-state index contributed by atoms with van der Waals surface area (Å²) in [6, 6.07) is 14.2. The van der Waals surface area contributed by atoms with E-state index >= 15 is 0 Å². The third-order valence-corrected chi connectivity index (χ3v) is 7.11. The van der Waals surface area contributed by atoms with E-state index in [-0.39, 0.29) is 17.6 Å². The van der Waals surface area contributed by atoms with E-state index in [4.69, 9.17) is 4.98 Å². The zero-order valence-corrected chi connectivity index (χ0v) is 18.8. The molecule has 1 N–H and O–H groups in total. The van der Waals surface area contributed by atoms with Gasteiger partial charge >= 0.3 is 0 Å². The lowest BCUT2D eigenvalue weighted by atomic mass is 9.97. The first-order valence-electron chi connectivity index (χ1n) is 10.7. The molecular weight excluding hydrogens is 425 g/mol. The average Bonchev–Trinajstić information content (AvgIpc) is 3.36. The molecule has 0 saturated carbocycles. The smallest absolute Gasteiger partial charge is 0.229 e. The van der Waals surface area contributed by atoms with Crippen LogP contribution in [0.5, 0.6) is 0 Å². The van der Waals surface area contributed by atoms with E-state index in [1.807, 2.05) is 44.2 Å². The van der Waals surface area contributed by atoms with Crippen molar-refractivity contribution < 1.29 is 9.18 Å². The number of aryl methyl sites for hydroxylation is 2. The summed E-state index contributed by atoms with van der Waals surface area (Å²) in [6.45, 7) is 5.42. The monoisotopic (exact) mass is 449 g/mol. The van der Waals surface area contributed by atoms with Crippen LogP contribution in [0.15, 0.2) is 48.5 Å². The molecule has 8 heteroatoms. The van der Waals surface area contributed by atoms with Gasteiger partial charge in [0.2, 0.25) is 5.91 Å². The van der Waals surface area contributed by atoms with Crippen LogP contribution in [0.2, 0.25) is 0 Å². The largest absolute Gasteiger partial charge is 0.347 e. The van der Waals surface area contributed by atoms with Crippen molar-refractivity contribution in [2.24, 2.45) is 5.92 Å². The normalized spacial score (nSPS) is 16.5. The minimum atomic E-state index is -0.308. The van der Waals surface area contributed by atoms with Crippen LogP contribution in [0.25, 0.3) is 16.0 Å². The highest BCUT2D eigenvalue weighted by Gasteiger charge is 2.28. The van der Waals surface area contributed by atoms with Crippen LogP contribution in [0.1, 0.15) is 24.1 Å². The second-order valence-corrected chi connectivity index (χ2v) is 9.19. The van der Waals surface area contributed by atoms with E-state index < -0.39 is 0 Å². The van der Waals surface area contributed by atoms with Crippen molar-refractivity contribution in [1.29, 1.82) is 0 Å². The zero-order chi connectivity index (χ0) is 22.2. The molecule has 3 heterocycles. The number of fused-ring (bicyclic) bond motifs is 1. The van der Waals surface area contributed by atoms with E-state index in [0.717, 1.165) is 51.8 Å². The van der Waals surface area contributed by atoms with Crippen LogP contribution in [0.4, 0.5) is 15.2 Å². The Kier molecular flexibility index (Phi) is 5.38. The van der Waals surface area contributed by atoms with Crippen molar-refractivity contribution in [3.05, 3.63) is 65.6 Å². The number of rotatable bonds is 4. The summed E-state index contributed by atoms with van der Waals surface area (Å²) >= 11 is 1.58. The SMILES string of the molecule is Cc1ccccc1NC(=O)C1CCCN(c2nc3c(s2)c(C)nn3-c2cccc(F)c2)C1. The van der Waals surface area contributed by atoms with Crippen LogP contribution < -0.4 is 10.2 Å². The predicted octanol–water partition coefficient (Wildman–Crippen LogP) is 5.09. The first-order chi connectivity index (χ1) is 15.5. The molecule has 2 aromatic carbocycles. The second-order valence-electron chi connectivity index (χ2n) is 8.22. The molecule has 1 fully saturated rings. The summed E-state index contributed by atoms with van der Waals surface area (Å²) in [6.07, 6.45) is 1.78. The van der Waals surface area contributed by atoms with Gasteiger partial charge in [0.15, 0.2) is 10.8 Å². The van der Waals surface area contributed by atoms with E-state index in [9.17, 15) is 9.18 Å². The first kappa shape index (κ1) is 20.6. The molecule has 1 amide bonds. The number of thiazole rings is 1. The Bertz CT molecular complexity index is 1300. The lowest BCUT2D eigenvalue weighted by Gasteiger charge is -2.31. The van der Waals surface area contributed by atoms with Crippen LogP contribution in [0.3, 0.4) is 0 Å². The molecular formula is C24H24FN5OS.